The smallest absolute Gasteiger partial charge is 0.325 e. The van der Waals surface area contributed by atoms with E-state index < -0.39 is 6.04 Å². The van der Waals surface area contributed by atoms with E-state index in [1.54, 1.807) is 7.05 Å². The lowest BCUT2D eigenvalue weighted by atomic mass is 10.2. The average molecular weight is 217 g/mol. The zero-order valence-electron chi connectivity index (χ0n) is 9.32. The molecule has 1 saturated heterocycles. The molecule has 88 valence electrons. The number of rotatable bonds is 6. The van der Waals surface area contributed by atoms with Crippen LogP contribution in [0.4, 0.5) is 0 Å². The van der Waals surface area contributed by atoms with Gasteiger partial charge in [0.05, 0.1) is 26.4 Å². The third-order valence-electron chi connectivity index (χ3n) is 2.45. The Hall–Kier alpha value is -0.650. The van der Waals surface area contributed by atoms with Crippen LogP contribution in [0.2, 0.25) is 0 Å². The maximum absolute atomic E-state index is 11.2. The van der Waals surface area contributed by atoms with Crippen molar-refractivity contribution in [3.05, 3.63) is 0 Å². The summed E-state index contributed by atoms with van der Waals surface area (Å²) in [5, 5.41) is 2.84. The van der Waals surface area contributed by atoms with Crippen LogP contribution in [0.1, 0.15) is 12.8 Å². The highest BCUT2D eigenvalue weighted by atomic mass is 16.5. The van der Waals surface area contributed by atoms with Crippen molar-refractivity contribution in [3.63, 3.8) is 0 Å². The molecule has 15 heavy (non-hydrogen) atoms. The number of ether oxygens (including phenoxy) is 3. The Balaban J connectivity index is 2.13. The standard InChI is InChI=1S/C10H19NO4/c1-11-9(10(12)13-2)7-14-6-8-4-3-5-15-8/h8-9,11H,3-7H2,1-2H3. The SMILES string of the molecule is CNC(COCC1CCCO1)C(=O)OC. The Kier molecular flexibility index (Phi) is 5.60. The van der Waals surface area contributed by atoms with Crippen molar-refractivity contribution < 1.29 is 19.0 Å². The highest BCUT2D eigenvalue weighted by Gasteiger charge is 2.19. The van der Waals surface area contributed by atoms with E-state index in [0.29, 0.717) is 13.2 Å². The molecular weight excluding hydrogens is 198 g/mol. The summed E-state index contributed by atoms with van der Waals surface area (Å²) in [7, 11) is 3.07. The molecule has 0 radical (unpaired) electrons. The molecule has 5 heteroatoms. The van der Waals surface area contributed by atoms with Gasteiger partial charge in [-0.05, 0) is 19.9 Å². The van der Waals surface area contributed by atoms with Gasteiger partial charge in [0, 0.05) is 6.61 Å². The minimum absolute atomic E-state index is 0.195. The van der Waals surface area contributed by atoms with Gasteiger partial charge in [-0.15, -0.1) is 0 Å². The van der Waals surface area contributed by atoms with Gasteiger partial charge in [0.25, 0.3) is 0 Å². The molecule has 0 aromatic heterocycles. The molecule has 1 fully saturated rings. The predicted octanol–water partition coefficient (Wildman–Crippen LogP) is -0.0570. The zero-order valence-corrected chi connectivity index (χ0v) is 9.32. The van der Waals surface area contributed by atoms with Crippen LogP contribution in [0.15, 0.2) is 0 Å². The van der Waals surface area contributed by atoms with E-state index in [4.69, 9.17) is 9.47 Å². The summed E-state index contributed by atoms with van der Waals surface area (Å²) >= 11 is 0. The maximum atomic E-state index is 11.2. The second-order valence-electron chi connectivity index (χ2n) is 3.54. The molecule has 0 spiro atoms. The molecule has 2 unspecified atom stereocenters. The quantitative estimate of drug-likeness (QED) is 0.632. The molecule has 1 aliphatic heterocycles. The van der Waals surface area contributed by atoms with Crippen LogP contribution < -0.4 is 5.32 Å². The molecular formula is C10H19NO4. The monoisotopic (exact) mass is 217 g/mol. The van der Waals surface area contributed by atoms with Crippen LogP contribution >= 0.6 is 0 Å². The summed E-state index contributed by atoms with van der Waals surface area (Å²) in [6.07, 6.45) is 2.34. The van der Waals surface area contributed by atoms with Crippen molar-refractivity contribution in [2.45, 2.75) is 25.0 Å². The highest BCUT2D eigenvalue weighted by molar-refractivity contribution is 5.75. The number of likely N-dealkylation sites (N-methyl/N-ethyl adjacent to an activating group) is 1. The van der Waals surface area contributed by atoms with E-state index in [1.165, 1.54) is 7.11 Å². The van der Waals surface area contributed by atoms with E-state index in [1.807, 2.05) is 0 Å². The van der Waals surface area contributed by atoms with Gasteiger partial charge in [-0.25, -0.2) is 0 Å². The van der Waals surface area contributed by atoms with E-state index in [-0.39, 0.29) is 12.1 Å². The van der Waals surface area contributed by atoms with Crippen LogP contribution in [-0.2, 0) is 19.0 Å². The Morgan fingerprint density at radius 3 is 3.00 bits per heavy atom. The Morgan fingerprint density at radius 2 is 2.47 bits per heavy atom. The summed E-state index contributed by atoms with van der Waals surface area (Å²) in [5.41, 5.74) is 0. The molecule has 5 nitrogen and oxygen atoms in total. The van der Waals surface area contributed by atoms with Gasteiger partial charge in [-0.2, -0.15) is 0 Å². The fraction of sp³-hybridized carbons (Fsp3) is 0.900. The number of carbonyl (C=O) groups excluding carboxylic acids is 1. The van der Waals surface area contributed by atoms with Crippen LogP contribution in [0.25, 0.3) is 0 Å². The lowest BCUT2D eigenvalue weighted by molar-refractivity contribution is -0.145. The molecule has 2 atom stereocenters. The number of esters is 1. The molecule has 0 saturated carbocycles. The fourth-order valence-corrected chi connectivity index (χ4v) is 1.50. The lowest BCUT2D eigenvalue weighted by Crippen LogP contribution is -2.39. The van der Waals surface area contributed by atoms with Crippen LogP contribution in [0.3, 0.4) is 0 Å². The molecule has 1 N–H and O–H groups in total. The van der Waals surface area contributed by atoms with Crippen LogP contribution in [-0.4, -0.2) is 52.1 Å². The van der Waals surface area contributed by atoms with Crippen molar-refractivity contribution in [3.8, 4) is 0 Å². The van der Waals surface area contributed by atoms with E-state index in [2.05, 4.69) is 10.1 Å². The van der Waals surface area contributed by atoms with Gasteiger partial charge in [0.1, 0.15) is 6.04 Å². The number of hydrogen-bond acceptors (Lipinski definition) is 5. The van der Waals surface area contributed by atoms with E-state index in [9.17, 15) is 4.79 Å². The third kappa shape index (κ3) is 4.15. The first-order valence-electron chi connectivity index (χ1n) is 5.22. The van der Waals surface area contributed by atoms with Crippen molar-refractivity contribution >= 4 is 5.97 Å². The van der Waals surface area contributed by atoms with Crippen molar-refractivity contribution in [2.24, 2.45) is 0 Å². The van der Waals surface area contributed by atoms with E-state index in [0.717, 1.165) is 19.4 Å². The second-order valence-corrected chi connectivity index (χ2v) is 3.54. The Morgan fingerprint density at radius 1 is 1.67 bits per heavy atom. The largest absolute Gasteiger partial charge is 0.468 e. The van der Waals surface area contributed by atoms with Gasteiger partial charge in [-0.3, -0.25) is 4.79 Å². The second kappa shape index (κ2) is 6.76. The van der Waals surface area contributed by atoms with Gasteiger partial charge >= 0.3 is 5.97 Å². The normalized spacial score (nSPS) is 22.7. The first-order chi connectivity index (χ1) is 7.27. The summed E-state index contributed by atoms with van der Waals surface area (Å²) in [5.74, 6) is -0.301. The minimum Gasteiger partial charge on any atom is -0.468 e. The molecule has 0 aromatic rings. The first-order valence-corrected chi connectivity index (χ1v) is 5.22. The predicted molar refractivity (Wildman–Crippen MR) is 54.7 cm³/mol. The third-order valence-corrected chi connectivity index (χ3v) is 2.45. The Labute approximate surface area is 90.1 Å². The molecule has 0 aromatic carbocycles. The molecule has 0 amide bonds. The summed E-state index contributed by atoms with van der Waals surface area (Å²) in [6.45, 7) is 1.69. The number of carbonyl (C=O) groups is 1. The molecule has 0 aliphatic carbocycles. The van der Waals surface area contributed by atoms with Crippen LogP contribution in [0, 0.1) is 0 Å². The minimum atomic E-state index is -0.392. The molecule has 1 rings (SSSR count). The van der Waals surface area contributed by atoms with Gasteiger partial charge in [0.15, 0.2) is 0 Å². The van der Waals surface area contributed by atoms with Crippen molar-refractivity contribution in [1.82, 2.24) is 5.32 Å². The van der Waals surface area contributed by atoms with Gasteiger partial charge < -0.3 is 19.5 Å². The first kappa shape index (κ1) is 12.4. The highest BCUT2D eigenvalue weighted by Crippen LogP contribution is 2.11. The summed E-state index contributed by atoms with van der Waals surface area (Å²) < 4.78 is 15.4. The number of methoxy groups -OCH3 is 1. The van der Waals surface area contributed by atoms with Gasteiger partial charge in [-0.1, -0.05) is 0 Å². The zero-order chi connectivity index (χ0) is 11.1. The lowest BCUT2D eigenvalue weighted by Gasteiger charge is -2.15. The van der Waals surface area contributed by atoms with Crippen molar-refractivity contribution in [1.29, 1.82) is 0 Å². The average Bonchev–Trinajstić information content (AvgIpc) is 2.76. The molecule has 1 heterocycles. The molecule has 0 bridgehead atoms. The van der Waals surface area contributed by atoms with E-state index >= 15 is 0 Å². The maximum Gasteiger partial charge on any atom is 0.325 e. The fourth-order valence-electron chi connectivity index (χ4n) is 1.50. The van der Waals surface area contributed by atoms with Crippen LogP contribution in [0.5, 0.6) is 0 Å². The molecule has 1 aliphatic rings. The topological polar surface area (TPSA) is 56.8 Å². The van der Waals surface area contributed by atoms with Crippen molar-refractivity contribution in [2.75, 3.05) is 34.0 Å². The number of nitrogens with one attached hydrogen (secondary N) is 1. The Bertz CT molecular complexity index is 192. The summed E-state index contributed by atoms with van der Waals surface area (Å²) in [4.78, 5) is 11.2. The van der Waals surface area contributed by atoms with Gasteiger partial charge in [0.2, 0.25) is 0 Å². The number of hydrogen-bond donors (Lipinski definition) is 1. The summed E-state index contributed by atoms with van der Waals surface area (Å²) in [6, 6.07) is -0.392.